The number of thiophene rings is 1. The molecule has 39 heavy (non-hydrogen) atoms. The van der Waals surface area contributed by atoms with Gasteiger partial charge in [0, 0.05) is 52.8 Å². The number of aromatic nitrogens is 1. The van der Waals surface area contributed by atoms with E-state index in [1.165, 1.54) is 47.5 Å². The van der Waals surface area contributed by atoms with E-state index in [2.05, 4.69) is 126 Å². The third-order valence-electron chi connectivity index (χ3n) is 8.02. The number of hydrogen-bond donors (Lipinski definition) is 0. The molecule has 0 amide bonds. The van der Waals surface area contributed by atoms with Gasteiger partial charge in [-0.1, -0.05) is 91.0 Å². The van der Waals surface area contributed by atoms with Gasteiger partial charge in [0.15, 0.2) is 0 Å². The predicted octanol–water partition coefficient (Wildman–Crippen LogP) is 10.7. The van der Waals surface area contributed by atoms with Crippen LogP contribution in [-0.4, -0.2) is 4.57 Å². The molecular weight excluding hydrogens is 494 g/mol. The average molecular weight is 516 g/mol. The first-order chi connectivity index (χ1) is 19.4. The van der Waals surface area contributed by atoms with E-state index in [-0.39, 0.29) is 0 Å². The fraction of sp³-hybridized carbons (Fsp3) is 0. The smallest absolute Gasteiger partial charge is 0.143 e. The first-order valence-corrected chi connectivity index (χ1v) is 14.0. The lowest BCUT2D eigenvalue weighted by molar-refractivity contribution is 0.670. The van der Waals surface area contributed by atoms with E-state index < -0.39 is 0 Å². The molecule has 0 aliphatic rings. The summed E-state index contributed by atoms with van der Waals surface area (Å²) in [6, 6.07) is 45.7. The summed E-state index contributed by atoms with van der Waals surface area (Å²) in [4.78, 5) is 0. The summed E-state index contributed by atoms with van der Waals surface area (Å²) >= 11 is 1.85. The van der Waals surface area contributed by atoms with Crippen LogP contribution in [0.2, 0.25) is 0 Å². The molecule has 0 radical (unpaired) electrons. The molecule has 3 aromatic heterocycles. The van der Waals surface area contributed by atoms with Gasteiger partial charge < -0.3 is 8.98 Å². The van der Waals surface area contributed by atoms with E-state index in [9.17, 15) is 0 Å². The summed E-state index contributed by atoms with van der Waals surface area (Å²) < 4.78 is 11.6. The van der Waals surface area contributed by atoms with Crippen molar-refractivity contribution in [3.8, 4) is 16.8 Å². The molecule has 0 unspecified atom stereocenters. The summed E-state index contributed by atoms with van der Waals surface area (Å²) in [5.74, 6) is 0. The Labute approximate surface area is 227 Å². The van der Waals surface area contributed by atoms with E-state index in [0.29, 0.717) is 0 Å². The summed E-state index contributed by atoms with van der Waals surface area (Å²) in [6.45, 7) is 0. The monoisotopic (exact) mass is 515 g/mol. The lowest BCUT2D eigenvalue weighted by Crippen LogP contribution is -1.98. The van der Waals surface area contributed by atoms with Crippen LogP contribution in [0.3, 0.4) is 0 Å². The van der Waals surface area contributed by atoms with Crippen LogP contribution < -0.4 is 0 Å². The van der Waals surface area contributed by atoms with E-state index in [1.807, 2.05) is 17.4 Å². The molecule has 0 saturated carbocycles. The molecule has 182 valence electrons. The van der Waals surface area contributed by atoms with Crippen LogP contribution in [0.25, 0.3) is 80.7 Å². The van der Waals surface area contributed by atoms with Gasteiger partial charge in [0.2, 0.25) is 0 Å². The Balaban J connectivity index is 1.52. The third-order valence-corrected chi connectivity index (χ3v) is 9.15. The molecule has 6 aromatic carbocycles. The van der Waals surface area contributed by atoms with Crippen LogP contribution in [0.1, 0.15) is 0 Å². The van der Waals surface area contributed by atoms with Crippen LogP contribution >= 0.6 is 11.3 Å². The fourth-order valence-corrected chi connectivity index (χ4v) is 7.50. The van der Waals surface area contributed by atoms with Gasteiger partial charge in [-0.2, -0.15) is 0 Å². The summed E-state index contributed by atoms with van der Waals surface area (Å²) in [5.41, 5.74) is 7.75. The fourth-order valence-electron chi connectivity index (χ4n) is 6.39. The van der Waals surface area contributed by atoms with Crippen molar-refractivity contribution >= 4 is 75.3 Å². The molecule has 0 atom stereocenters. The molecule has 2 nitrogen and oxygen atoms in total. The van der Waals surface area contributed by atoms with Crippen molar-refractivity contribution in [3.05, 3.63) is 127 Å². The summed E-state index contributed by atoms with van der Waals surface area (Å²) in [7, 11) is 0. The van der Waals surface area contributed by atoms with E-state index in [4.69, 9.17) is 4.42 Å². The highest BCUT2D eigenvalue weighted by Gasteiger charge is 2.22. The number of fused-ring (bicyclic) bond motifs is 9. The number of benzene rings is 6. The van der Waals surface area contributed by atoms with Crippen molar-refractivity contribution in [2.45, 2.75) is 0 Å². The first kappa shape index (κ1) is 21.1. The van der Waals surface area contributed by atoms with E-state index in [1.54, 1.807) is 0 Å². The van der Waals surface area contributed by atoms with Crippen molar-refractivity contribution in [1.29, 1.82) is 0 Å². The molecule has 0 aliphatic carbocycles. The van der Waals surface area contributed by atoms with Crippen LogP contribution in [0.5, 0.6) is 0 Å². The number of furan rings is 1. The lowest BCUT2D eigenvalue weighted by Gasteiger charge is -2.16. The van der Waals surface area contributed by atoms with Gasteiger partial charge in [0.25, 0.3) is 0 Å². The second-order valence-electron chi connectivity index (χ2n) is 10.1. The number of nitrogens with zero attached hydrogens (tertiary/aromatic N) is 1. The second kappa shape index (κ2) is 7.83. The van der Waals surface area contributed by atoms with Gasteiger partial charge in [-0.15, -0.1) is 11.3 Å². The minimum atomic E-state index is 0.917. The highest BCUT2D eigenvalue weighted by molar-refractivity contribution is 7.26. The van der Waals surface area contributed by atoms with Crippen molar-refractivity contribution in [2.75, 3.05) is 0 Å². The molecular formula is C36H21NOS. The van der Waals surface area contributed by atoms with Gasteiger partial charge in [-0.25, -0.2) is 0 Å². The standard InChI is InChI=1S/C36H21NOS/c1-5-16-28-22(10-1)23-11-2-6-17-29(23)37(28)30-20-21-33-35(26-13-4-8-19-32(26)39-33)34(30)27-15-9-14-25-24-12-3-7-18-31(24)38-36(25)27/h1-21H. The zero-order chi connectivity index (χ0) is 25.5. The van der Waals surface area contributed by atoms with Crippen molar-refractivity contribution < 1.29 is 4.42 Å². The number of para-hydroxylation sites is 4. The van der Waals surface area contributed by atoms with Gasteiger partial charge >= 0.3 is 0 Å². The van der Waals surface area contributed by atoms with Crippen LogP contribution in [-0.2, 0) is 0 Å². The minimum Gasteiger partial charge on any atom is -0.455 e. The zero-order valence-electron chi connectivity index (χ0n) is 20.9. The first-order valence-electron chi connectivity index (χ1n) is 13.2. The Morgan fingerprint density at radius 3 is 1.92 bits per heavy atom. The molecule has 3 heteroatoms. The second-order valence-corrected chi connectivity index (χ2v) is 11.2. The van der Waals surface area contributed by atoms with Gasteiger partial charge in [0.1, 0.15) is 11.2 Å². The van der Waals surface area contributed by atoms with Crippen LogP contribution in [0.4, 0.5) is 0 Å². The van der Waals surface area contributed by atoms with Gasteiger partial charge in [-0.3, -0.25) is 0 Å². The Morgan fingerprint density at radius 2 is 1.13 bits per heavy atom. The molecule has 0 aliphatic heterocycles. The highest BCUT2D eigenvalue weighted by Crippen LogP contribution is 2.47. The van der Waals surface area contributed by atoms with E-state index in [0.717, 1.165) is 33.2 Å². The Bertz CT molecular complexity index is 2350. The third kappa shape index (κ3) is 2.85. The minimum absolute atomic E-state index is 0.917. The highest BCUT2D eigenvalue weighted by atomic mass is 32.1. The lowest BCUT2D eigenvalue weighted by atomic mass is 9.95. The molecule has 0 fully saturated rings. The van der Waals surface area contributed by atoms with Crippen LogP contribution in [0.15, 0.2) is 132 Å². The maximum Gasteiger partial charge on any atom is 0.143 e. The molecule has 0 spiro atoms. The molecule has 9 aromatic rings. The average Bonchev–Trinajstić information content (AvgIpc) is 3.66. The Morgan fingerprint density at radius 1 is 0.487 bits per heavy atom. The Kier molecular flexibility index (Phi) is 4.24. The van der Waals surface area contributed by atoms with Gasteiger partial charge in [-0.05, 0) is 36.4 Å². The molecule has 3 heterocycles. The maximum atomic E-state index is 6.62. The number of hydrogen-bond acceptors (Lipinski definition) is 2. The van der Waals surface area contributed by atoms with E-state index >= 15 is 0 Å². The molecule has 0 saturated heterocycles. The number of rotatable bonds is 2. The predicted molar refractivity (Wildman–Crippen MR) is 166 cm³/mol. The SMILES string of the molecule is c1ccc2c(c1)oc1c(-c3c(-n4c5ccccc5c5ccccc54)ccc4sc5ccccc5c34)cccc12. The van der Waals surface area contributed by atoms with Crippen molar-refractivity contribution in [2.24, 2.45) is 0 Å². The van der Waals surface area contributed by atoms with Crippen LogP contribution in [0, 0.1) is 0 Å². The molecule has 9 rings (SSSR count). The Hall–Kier alpha value is -4.86. The maximum absolute atomic E-state index is 6.62. The molecule has 0 bridgehead atoms. The largest absolute Gasteiger partial charge is 0.455 e. The van der Waals surface area contributed by atoms with Gasteiger partial charge in [0.05, 0.1) is 16.7 Å². The van der Waals surface area contributed by atoms with Crippen molar-refractivity contribution in [3.63, 3.8) is 0 Å². The normalized spacial score (nSPS) is 12.1. The summed E-state index contributed by atoms with van der Waals surface area (Å²) in [5, 5.41) is 7.38. The quantitative estimate of drug-likeness (QED) is 0.224. The topological polar surface area (TPSA) is 18.1 Å². The molecule has 0 N–H and O–H groups in total. The van der Waals surface area contributed by atoms with Crippen molar-refractivity contribution in [1.82, 2.24) is 4.57 Å². The zero-order valence-corrected chi connectivity index (χ0v) is 21.7. The summed E-state index contributed by atoms with van der Waals surface area (Å²) in [6.07, 6.45) is 0.